The molecule has 31 heavy (non-hydrogen) atoms. The fourth-order valence-electron chi connectivity index (χ4n) is 3.17. The summed E-state index contributed by atoms with van der Waals surface area (Å²) in [4.78, 5) is 29.6. The van der Waals surface area contributed by atoms with Crippen LogP contribution in [0.1, 0.15) is 5.82 Å². The van der Waals surface area contributed by atoms with Gasteiger partial charge in [0.15, 0.2) is 6.61 Å². The normalized spacial score (nSPS) is 10.8. The van der Waals surface area contributed by atoms with Gasteiger partial charge in [0, 0.05) is 10.7 Å². The lowest BCUT2D eigenvalue weighted by Crippen LogP contribution is -2.22. The summed E-state index contributed by atoms with van der Waals surface area (Å²) in [7, 11) is 0. The van der Waals surface area contributed by atoms with Crippen LogP contribution in [0.25, 0.3) is 16.6 Å². The van der Waals surface area contributed by atoms with Crippen molar-refractivity contribution < 1.29 is 9.53 Å². The third-order valence-corrected chi connectivity index (χ3v) is 5.14. The molecule has 156 valence electrons. The summed E-state index contributed by atoms with van der Waals surface area (Å²) in [5.74, 6) is 0.600. The van der Waals surface area contributed by atoms with Crippen molar-refractivity contribution in [3.63, 3.8) is 0 Å². The van der Waals surface area contributed by atoms with Crippen LogP contribution in [0.4, 0.5) is 5.69 Å². The second-order valence-corrected chi connectivity index (χ2v) is 7.62. The molecular formula is C23H17Cl2N3O3. The number of rotatable bonds is 5. The van der Waals surface area contributed by atoms with Crippen LogP contribution in [0.2, 0.25) is 10.0 Å². The van der Waals surface area contributed by atoms with Crippen molar-refractivity contribution in [1.29, 1.82) is 0 Å². The molecule has 0 aliphatic rings. The smallest absolute Gasteiger partial charge is 0.265 e. The van der Waals surface area contributed by atoms with Crippen molar-refractivity contribution in [3.05, 3.63) is 93.0 Å². The topological polar surface area (TPSA) is 73.2 Å². The number of halogens is 2. The number of para-hydroxylation sites is 1. The number of hydrogen-bond donors (Lipinski definition) is 1. The van der Waals surface area contributed by atoms with Gasteiger partial charge in [0.05, 0.1) is 21.6 Å². The first-order chi connectivity index (χ1) is 14.9. The Kier molecular flexibility index (Phi) is 5.93. The third kappa shape index (κ3) is 4.55. The largest absolute Gasteiger partial charge is 0.482 e. The molecule has 0 aliphatic heterocycles. The van der Waals surface area contributed by atoms with E-state index in [1.54, 1.807) is 60.0 Å². The van der Waals surface area contributed by atoms with Crippen LogP contribution >= 0.6 is 23.2 Å². The lowest BCUT2D eigenvalue weighted by molar-refractivity contribution is -0.118. The maximum absolute atomic E-state index is 12.9. The fraction of sp³-hybridized carbons (Fsp3) is 0.0870. The zero-order valence-electron chi connectivity index (χ0n) is 16.4. The maximum Gasteiger partial charge on any atom is 0.265 e. The number of carbonyl (C=O) groups excluding carboxylic acids is 1. The quantitative estimate of drug-likeness (QED) is 0.460. The Morgan fingerprint density at radius 2 is 1.81 bits per heavy atom. The highest BCUT2D eigenvalue weighted by atomic mass is 35.5. The molecule has 0 atom stereocenters. The average Bonchev–Trinajstić information content (AvgIpc) is 2.74. The Labute approximate surface area is 188 Å². The van der Waals surface area contributed by atoms with Gasteiger partial charge < -0.3 is 10.1 Å². The monoisotopic (exact) mass is 453 g/mol. The number of anilines is 1. The van der Waals surface area contributed by atoms with Gasteiger partial charge in [-0.2, -0.15) is 0 Å². The number of carbonyl (C=O) groups is 1. The van der Waals surface area contributed by atoms with Crippen molar-refractivity contribution in [1.82, 2.24) is 9.55 Å². The molecule has 6 nitrogen and oxygen atoms in total. The molecule has 0 saturated heterocycles. The lowest BCUT2D eigenvalue weighted by Gasteiger charge is -2.12. The molecule has 1 N–H and O–H groups in total. The number of amides is 1. The number of ether oxygens (including phenoxy) is 1. The summed E-state index contributed by atoms with van der Waals surface area (Å²) in [5.41, 5.74) is 1.74. The summed E-state index contributed by atoms with van der Waals surface area (Å²) < 4.78 is 6.98. The van der Waals surface area contributed by atoms with E-state index in [4.69, 9.17) is 27.9 Å². The first kappa shape index (κ1) is 20.9. The van der Waals surface area contributed by atoms with Crippen molar-refractivity contribution in [3.8, 4) is 11.4 Å². The van der Waals surface area contributed by atoms with E-state index >= 15 is 0 Å². The molecule has 4 rings (SSSR count). The molecule has 3 aromatic carbocycles. The molecule has 0 saturated carbocycles. The van der Waals surface area contributed by atoms with Crippen LogP contribution in [0, 0.1) is 6.92 Å². The summed E-state index contributed by atoms with van der Waals surface area (Å²) >= 11 is 11.9. The summed E-state index contributed by atoms with van der Waals surface area (Å²) in [6.07, 6.45) is 0. The molecule has 0 bridgehead atoms. The van der Waals surface area contributed by atoms with Gasteiger partial charge in [-0.3, -0.25) is 14.2 Å². The van der Waals surface area contributed by atoms with E-state index in [0.717, 1.165) is 0 Å². The molecule has 0 spiro atoms. The van der Waals surface area contributed by atoms with Crippen LogP contribution in [0.5, 0.6) is 5.75 Å². The first-order valence-electron chi connectivity index (χ1n) is 9.39. The van der Waals surface area contributed by atoms with Gasteiger partial charge in [0.1, 0.15) is 11.6 Å². The minimum absolute atomic E-state index is 0.145. The SMILES string of the molecule is Cc1nc2ccccc2c(=O)n1-c1ccc(NC(=O)COc2ccc(Cl)cc2Cl)cc1. The van der Waals surface area contributed by atoms with Crippen LogP contribution in [0.15, 0.2) is 71.5 Å². The maximum atomic E-state index is 12.9. The summed E-state index contributed by atoms with van der Waals surface area (Å²) in [5, 5.41) is 4.10. The van der Waals surface area contributed by atoms with E-state index in [0.29, 0.717) is 43.9 Å². The predicted molar refractivity (Wildman–Crippen MR) is 123 cm³/mol. The molecule has 1 heterocycles. The molecule has 0 fully saturated rings. The minimum atomic E-state index is -0.348. The van der Waals surface area contributed by atoms with Gasteiger partial charge in [0.2, 0.25) is 0 Å². The number of nitrogens with zero attached hydrogens (tertiary/aromatic N) is 2. The molecule has 8 heteroatoms. The van der Waals surface area contributed by atoms with E-state index in [2.05, 4.69) is 10.3 Å². The first-order valence-corrected chi connectivity index (χ1v) is 10.1. The highest BCUT2D eigenvalue weighted by Crippen LogP contribution is 2.27. The van der Waals surface area contributed by atoms with Gasteiger partial charge >= 0.3 is 0 Å². The van der Waals surface area contributed by atoms with E-state index in [1.165, 1.54) is 0 Å². The van der Waals surface area contributed by atoms with E-state index < -0.39 is 0 Å². The van der Waals surface area contributed by atoms with Crippen molar-refractivity contribution >= 4 is 45.7 Å². The van der Waals surface area contributed by atoms with E-state index in [1.807, 2.05) is 18.2 Å². The number of nitrogens with one attached hydrogen (secondary N) is 1. The Morgan fingerprint density at radius 3 is 2.55 bits per heavy atom. The number of aromatic nitrogens is 2. The molecular weight excluding hydrogens is 437 g/mol. The van der Waals surface area contributed by atoms with Crippen LogP contribution in [0.3, 0.4) is 0 Å². The fourth-order valence-corrected chi connectivity index (χ4v) is 3.64. The van der Waals surface area contributed by atoms with Gasteiger partial charge in [0.25, 0.3) is 11.5 Å². The van der Waals surface area contributed by atoms with Gasteiger partial charge in [-0.1, -0.05) is 35.3 Å². The molecule has 0 aliphatic carbocycles. The molecule has 1 amide bonds. The second-order valence-electron chi connectivity index (χ2n) is 6.78. The number of aryl methyl sites for hydroxylation is 1. The Morgan fingerprint density at radius 1 is 1.06 bits per heavy atom. The van der Waals surface area contributed by atoms with Crippen molar-refractivity contribution in [2.75, 3.05) is 11.9 Å². The summed E-state index contributed by atoms with van der Waals surface area (Å²) in [6, 6.07) is 18.9. The van der Waals surface area contributed by atoms with Crippen molar-refractivity contribution in [2.24, 2.45) is 0 Å². The number of hydrogen-bond acceptors (Lipinski definition) is 4. The van der Waals surface area contributed by atoms with Crippen LogP contribution in [-0.2, 0) is 4.79 Å². The van der Waals surface area contributed by atoms with Crippen molar-refractivity contribution in [2.45, 2.75) is 6.92 Å². The van der Waals surface area contributed by atoms with E-state index in [9.17, 15) is 9.59 Å². The molecule has 0 radical (unpaired) electrons. The third-order valence-electron chi connectivity index (χ3n) is 4.61. The predicted octanol–water partition coefficient (Wildman–Crippen LogP) is 5.02. The minimum Gasteiger partial charge on any atom is -0.482 e. The van der Waals surface area contributed by atoms with Crippen LogP contribution in [-0.4, -0.2) is 22.1 Å². The highest BCUT2D eigenvalue weighted by Gasteiger charge is 2.11. The highest BCUT2D eigenvalue weighted by molar-refractivity contribution is 6.35. The second kappa shape index (κ2) is 8.79. The van der Waals surface area contributed by atoms with Gasteiger partial charge in [-0.25, -0.2) is 4.98 Å². The molecule has 4 aromatic rings. The zero-order valence-corrected chi connectivity index (χ0v) is 17.9. The zero-order chi connectivity index (χ0) is 22.0. The lowest BCUT2D eigenvalue weighted by atomic mass is 10.2. The molecule has 0 unspecified atom stereocenters. The van der Waals surface area contributed by atoms with E-state index in [-0.39, 0.29) is 18.1 Å². The van der Waals surface area contributed by atoms with Crippen LogP contribution < -0.4 is 15.6 Å². The number of fused-ring (bicyclic) bond motifs is 1. The Bertz CT molecular complexity index is 1330. The number of benzene rings is 3. The molecule has 1 aromatic heterocycles. The van der Waals surface area contributed by atoms with Gasteiger partial charge in [-0.05, 0) is 61.5 Å². The average molecular weight is 454 g/mol. The summed E-state index contributed by atoms with van der Waals surface area (Å²) in [6.45, 7) is 1.57. The standard InChI is InChI=1S/C23H17Cl2N3O3/c1-14-26-20-5-3-2-4-18(20)23(30)28(14)17-9-7-16(8-10-17)27-22(29)13-31-21-11-6-15(24)12-19(21)25/h2-12H,13H2,1H3,(H,27,29). The Hall–Kier alpha value is -3.35. The Balaban J connectivity index is 1.48. The van der Waals surface area contributed by atoms with Gasteiger partial charge in [-0.15, -0.1) is 0 Å².